The van der Waals surface area contributed by atoms with Crippen LogP contribution in [0.25, 0.3) is 5.65 Å². The van der Waals surface area contributed by atoms with Crippen molar-refractivity contribution in [2.75, 3.05) is 18.5 Å². The third kappa shape index (κ3) is 6.65. The Hall–Kier alpha value is -3.77. The van der Waals surface area contributed by atoms with Crippen LogP contribution in [-0.4, -0.2) is 50.1 Å². The Morgan fingerprint density at radius 3 is 2.67 bits per heavy atom. The highest BCUT2D eigenvalue weighted by Crippen LogP contribution is 2.37. The molecule has 1 saturated carbocycles. The molecule has 2 fully saturated rings. The quantitative estimate of drug-likeness (QED) is 0.244. The molecule has 0 amide bonds. The maximum absolute atomic E-state index is 13.9. The summed E-state index contributed by atoms with van der Waals surface area (Å²) in [7, 11) is 0. The molecule has 6 rings (SSSR count). The van der Waals surface area contributed by atoms with Crippen molar-refractivity contribution in [3.05, 3.63) is 77.9 Å². The number of fused-ring (bicyclic) bond motifs is 1. The van der Waals surface area contributed by atoms with Crippen LogP contribution in [0.1, 0.15) is 73.9 Å². The normalized spacial score (nSPS) is 22.1. The number of anilines is 1. The van der Waals surface area contributed by atoms with Crippen molar-refractivity contribution in [3.8, 4) is 5.88 Å². The minimum atomic E-state index is -4.69. The Kier molecular flexibility index (Phi) is 8.52. The van der Waals surface area contributed by atoms with Gasteiger partial charge in [-0.15, -0.1) is 10.2 Å². The molecule has 222 valence electrons. The van der Waals surface area contributed by atoms with E-state index in [0.717, 1.165) is 61.8 Å². The van der Waals surface area contributed by atoms with Crippen LogP contribution in [-0.2, 0) is 15.7 Å². The van der Waals surface area contributed by atoms with Crippen LogP contribution in [0.4, 0.5) is 19.1 Å². The molecule has 12 heteroatoms. The molecule has 1 unspecified atom stereocenters. The summed E-state index contributed by atoms with van der Waals surface area (Å²) >= 11 is 0. The number of hydrogen-bond acceptors (Lipinski definition) is 8. The van der Waals surface area contributed by atoms with E-state index in [9.17, 15) is 13.2 Å². The topological polar surface area (TPSA) is 95.7 Å². The van der Waals surface area contributed by atoms with E-state index in [1.807, 2.05) is 59.1 Å². The Morgan fingerprint density at radius 1 is 1.00 bits per heavy atom. The van der Waals surface area contributed by atoms with Crippen molar-refractivity contribution in [2.24, 2.45) is 0 Å². The minimum Gasteiger partial charge on any atom is -0.474 e. The van der Waals surface area contributed by atoms with Crippen molar-refractivity contribution in [1.82, 2.24) is 24.6 Å². The predicted molar refractivity (Wildman–Crippen MR) is 148 cm³/mol. The van der Waals surface area contributed by atoms with Crippen LogP contribution in [0.3, 0.4) is 0 Å². The first-order valence-electron chi connectivity index (χ1n) is 14.4. The highest BCUT2D eigenvalue weighted by molar-refractivity contribution is 5.39. The van der Waals surface area contributed by atoms with Gasteiger partial charge in [0.2, 0.25) is 11.8 Å². The first-order valence-corrected chi connectivity index (χ1v) is 14.4. The summed E-state index contributed by atoms with van der Waals surface area (Å²) in [6.07, 6.45) is 3.00. The van der Waals surface area contributed by atoms with Crippen molar-refractivity contribution >= 4 is 11.6 Å². The molecule has 1 saturated heterocycles. The van der Waals surface area contributed by atoms with Crippen molar-refractivity contribution in [1.29, 1.82) is 0 Å². The maximum atomic E-state index is 13.9. The van der Waals surface area contributed by atoms with Gasteiger partial charge in [0.15, 0.2) is 11.9 Å². The first-order chi connectivity index (χ1) is 20.4. The predicted octanol–water partition coefficient (Wildman–Crippen LogP) is 6.34. The summed E-state index contributed by atoms with van der Waals surface area (Å²) in [4.78, 5) is 8.21. The maximum Gasteiger partial charge on any atom is 0.423 e. The average Bonchev–Trinajstić information content (AvgIpc) is 3.44. The van der Waals surface area contributed by atoms with Crippen LogP contribution >= 0.6 is 0 Å². The summed E-state index contributed by atoms with van der Waals surface area (Å²) in [6.45, 7) is 0.413. The SMILES string of the molecule is FC(F)(F)c1cnc(N[C@@H]2CCC[C@H](c3nnc4ccccn34)C2)nc1OC[C@@H](OC1CCCCO1)c1ccccc1. The van der Waals surface area contributed by atoms with E-state index in [4.69, 9.17) is 14.2 Å². The lowest BCUT2D eigenvalue weighted by Gasteiger charge is -2.29. The smallest absolute Gasteiger partial charge is 0.423 e. The van der Waals surface area contributed by atoms with E-state index in [1.54, 1.807) is 0 Å². The number of pyridine rings is 1. The average molecular weight is 583 g/mol. The molecule has 0 radical (unpaired) electrons. The number of nitrogens with zero attached hydrogens (tertiary/aromatic N) is 5. The van der Waals surface area contributed by atoms with E-state index in [-0.39, 0.29) is 24.5 Å². The fraction of sp³-hybridized carbons (Fsp3) is 0.467. The van der Waals surface area contributed by atoms with E-state index in [2.05, 4.69) is 25.5 Å². The molecule has 3 aromatic heterocycles. The zero-order valence-electron chi connectivity index (χ0n) is 23.0. The monoisotopic (exact) mass is 582 g/mol. The number of rotatable bonds is 9. The fourth-order valence-corrected chi connectivity index (χ4v) is 5.65. The van der Waals surface area contributed by atoms with Gasteiger partial charge < -0.3 is 19.5 Å². The molecule has 0 bridgehead atoms. The summed E-state index contributed by atoms with van der Waals surface area (Å²) in [5.41, 5.74) is 0.524. The Balaban J connectivity index is 1.18. The van der Waals surface area contributed by atoms with Gasteiger partial charge in [-0.3, -0.25) is 4.40 Å². The number of halogens is 3. The minimum absolute atomic E-state index is 0.0479. The molecule has 4 aromatic rings. The van der Waals surface area contributed by atoms with Gasteiger partial charge in [-0.2, -0.15) is 18.2 Å². The molecule has 9 nitrogen and oxygen atoms in total. The van der Waals surface area contributed by atoms with E-state index in [0.29, 0.717) is 13.0 Å². The molecule has 1 aliphatic carbocycles. The van der Waals surface area contributed by atoms with Gasteiger partial charge in [-0.1, -0.05) is 42.8 Å². The number of benzene rings is 1. The second-order valence-corrected chi connectivity index (χ2v) is 10.7. The lowest BCUT2D eigenvalue weighted by Crippen LogP contribution is -2.29. The number of ether oxygens (including phenoxy) is 3. The summed E-state index contributed by atoms with van der Waals surface area (Å²) < 4.78 is 61.5. The highest BCUT2D eigenvalue weighted by atomic mass is 19.4. The lowest BCUT2D eigenvalue weighted by molar-refractivity contribution is -0.195. The summed E-state index contributed by atoms with van der Waals surface area (Å²) in [6, 6.07) is 15.0. The second kappa shape index (κ2) is 12.6. The molecule has 2 aliphatic rings. The highest BCUT2D eigenvalue weighted by Gasteiger charge is 2.37. The molecule has 1 aromatic carbocycles. The van der Waals surface area contributed by atoms with E-state index >= 15 is 0 Å². The molecular formula is C30H33F3N6O3. The van der Waals surface area contributed by atoms with Gasteiger partial charge >= 0.3 is 6.18 Å². The molecule has 1 aliphatic heterocycles. The standard InChI is InChI=1S/C30H33F3N6O3/c31-30(32,33)23-18-34-29(35-22-12-8-11-21(17-22)27-38-37-25-13-4-6-15-39(25)27)36-28(23)41-19-24(20-9-2-1-3-10-20)42-26-14-5-7-16-40-26/h1-4,6,9-10,13,15,18,21-22,24,26H,5,7-8,11-12,14,16-17,19H2,(H,34,35,36)/t21-,22+,24+,26?/m0/s1. The molecule has 4 atom stereocenters. The number of nitrogens with one attached hydrogen (secondary N) is 1. The number of alkyl halides is 3. The van der Waals surface area contributed by atoms with Crippen LogP contribution in [0.15, 0.2) is 60.9 Å². The lowest BCUT2D eigenvalue weighted by atomic mass is 9.85. The van der Waals surface area contributed by atoms with Gasteiger partial charge in [-0.25, -0.2) is 4.98 Å². The molecular weight excluding hydrogens is 549 g/mol. The Morgan fingerprint density at radius 2 is 1.86 bits per heavy atom. The summed E-state index contributed by atoms with van der Waals surface area (Å²) in [5.74, 6) is 0.570. The number of hydrogen-bond donors (Lipinski definition) is 1. The van der Waals surface area contributed by atoms with E-state index < -0.39 is 30.0 Å². The van der Waals surface area contributed by atoms with Crippen molar-refractivity contribution in [3.63, 3.8) is 0 Å². The first kappa shape index (κ1) is 28.4. The van der Waals surface area contributed by atoms with Crippen molar-refractivity contribution in [2.45, 2.75) is 75.5 Å². The summed E-state index contributed by atoms with van der Waals surface area (Å²) in [5, 5.41) is 11.9. The van der Waals surface area contributed by atoms with Gasteiger partial charge in [0.05, 0.1) is 0 Å². The molecule has 42 heavy (non-hydrogen) atoms. The van der Waals surface area contributed by atoms with Crippen LogP contribution < -0.4 is 10.1 Å². The van der Waals surface area contributed by atoms with Crippen molar-refractivity contribution < 1.29 is 27.4 Å². The van der Waals surface area contributed by atoms with Gasteiger partial charge in [0, 0.05) is 31.0 Å². The molecule has 0 spiro atoms. The van der Waals surface area contributed by atoms with Crippen LogP contribution in [0.5, 0.6) is 5.88 Å². The van der Waals surface area contributed by atoms with Gasteiger partial charge in [0.1, 0.15) is 24.1 Å². The largest absolute Gasteiger partial charge is 0.474 e. The number of aromatic nitrogens is 5. The van der Waals surface area contributed by atoms with Gasteiger partial charge in [0.25, 0.3) is 0 Å². The zero-order valence-corrected chi connectivity index (χ0v) is 23.0. The third-order valence-electron chi connectivity index (χ3n) is 7.77. The Labute approximate surface area is 241 Å². The van der Waals surface area contributed by atoms with Crippen LogP contribution in [0, 0.1) is 0 Å². The molecule has 4 heterocycles. The zero-order chi connectivity index (χ0) is 28.9. The fourth-order valence-electron chi connectivity index (χ4n) is 5.65. The van der Waals surface area contributed by atoms with Crippen LogP contribution in [0.2, 0.25) is 0 Å². The molecule has 1 N–H and O–H groups in total. The van der Waals surface area contributed by atoms with Gasteiger partial charge in [-0.05, 0) is 56.2 Å². The third-order valence-corrected chi connectivity index (χ3v) is 7.77. The Bertz CT molecular complexity index is 1460. The van der Waals surface area contributed by atoms with E-state index in [1.165, 1.54) is 0 Å². The second-order valence-electron chi connectivity index (χ2n) is 10.7.